The van der Waals surface area contributed by atoms with Gasteiger partial charge in [0.1, 0.15) is 4.88 Å². The Bertz CT molecular complexity index is 664. The van der Waals surface area contributed by atoms with E-state index in [0.29, 0.717) is 5.75 Å². The summed E-state index contributed by atoms with van der Waals surface area (Å²) >= 11 is 1.18. The normalized spacial score (nSPS) is 13.1. The maximum absolute atomic E-state index is 12.3. The summed E-state index contributed by atoms with van der Waals surface area (Å²) < 4.78 is 12.3. The second-order valence-corrected chi connectivity index (χ2v) is 8.45. The average Bonchev–Trinajstić information content (AvgIpc) is 2.86. The number of benzene rings is 1. The second kappa shape index (κ2) is 6.12. The van der Waals surface area contributed by atoms with Crippen LogP contribution in [0, 0.1) is 0 Å². The largest absolute Gasteiger partial charge is 0.477 e. The van der Waals surface area contributed by atoms with E-state index in [1.807, 2.05) is 24.3 Å². The second-order valence-electron chi connectivity index (χ2n) is 5.84. The number of carboxylic acids is 1. The van der Waals surface area contributed by atoms with Gasteiger partial charge in [0.25, 0.3) is 0 Å². The van der Waals surface area contributed by atoms with Crippen LogP contribution >= 0.6 is 11.3 Å². The van der Waals surface area contributed by atoms with Gasteiger partial charge in [-0.25, -0.2) is 4.79 Å². The average molecular weight is 322 g/mol. The number of rotatable bonds is 4. The fraction of sp³-hybridized carbons (Fsp3) is 0.312. The zero-order chi connectivity index (χ0) is 15.6. The minimum absolute atomic E-state index is 0.0736. The SMILES string of the molecule is CC(C)(C)c1ccc(S(=O)Cc2ccc(C(=O)O)s2)cc1. The van der Waals surface area contributed by atoms with Gasteiger partial charge in [-0.1, -0.05) is 32.9 Å². The van der Waals surface area contributed by atoms with Gasteiger partial charge in [0.05, 0.1) is 16.6 Å². The third kappa shape index (κ3) is 4.02. The summed E-state index contributed by atoms with van der Waals surface area (Å²) in [4.78, 5) is 12.7. The summed E-state index contributed by atoms with van der Waals surface area (Å²) in [6.07, 6.45) is 0. The van der Waals surface area contributed by atoms with Crippen molar-refractivity contribution in [2.45, 2.75) is 36.8 Å². The Labute approximate surface area is 131 Å². The molecule has 112 valence electrons. The minimum atomic E-state index is -1.15. The summed E-state index contributed by atoms with van der Waals surface area (Å²) in [5.74, 6) is -0.584. The molecule has 0 amide bonds. The van der Waals surface area contributed by atoms with Crippen molar-refractivity contribution in [3.05, 3.63) is 51.7 Å². The van der Waals surface area contributed by atoms with Crippen molar-refractivity contribution >= 4 is 28.1 Å². The number of hydrogen-bond acceptors (Lipinski definition) is 3. The van der Waals surface area contributed by atoms with Crippen molar-refractivity contribution in [2.75, 3.05) is 0 Å². The summed E-state index contributed by atoms with van der Waals surface area (Å²) in [5, 5.41) is 8.89. The molecule has 0 spiro atoms. The molecule has 3 nitrogen and oxygen atoms in total. The molecule has 1 atom stereocenters. The predicted octanol–water partition coefficient (Wildman–Crippen LogP) is 4.05. The Morgan fingerprint density at radius 3 is 2.24 bits per heavy atom. The third-order valence-corrected chi connectivity index (χ3v) is 5.76. The first-order chi connectivity index (χ1) is 9.77. The molecule has 0 aliphatic rings. The van der Waals surface area contributed by atoms with Gasteiger partial charge in [0, 0.05) is 9.77 Å². The van der Waals surface area contributed by atoms with Crippen molar-refractivity contribution < 1.29 is 14.1 Å². The molecule has 1 N–H and O–H groups in total. The number of carboxylic acid groups (broad SMARTS) is 1. The van der Waals surface area contributed by atoms with E-state index >= 15 is 0 Å². The maximum Gasteiger partial charge on any atom is 0.345 e. The number of hydrogen-bond donors (Lipinski definition) is 1. The van der Waals surface area contributed by atoms with E-state index in [0.717, 1.165) is 9.77 Å². The molecular formula is C16H18O3S2. The van der Waals surface area contributed by atoms with Gasteiger partial charge in [-0.2, -0.15) is 0 Å². The van der Waals surface area contributed by atoms with Gasteiger partial charge < -0.3 is 5.11 Å². The van der Waals surface area contributed by atoms with E-state index in [1.165, 1.54) is 16.9 Å². The van der Waals surface area contributed by atoms with Crippen LogP contribution in [0.25, 0.3) is 0 Å². The lowest BCUT2D eigenvalue weighted by Gasteiger charge is -2.19. The monoisotopic (exact) mass is 322 g/mol. The van der Waals surface area contributed by atoms with Crippen LogP contribution in [0.3, 0.4) is 0 Å². The molecule has 2 aromatic rings. The Hall–Kier alpha value is -1.46. The lowest BCUT2D eigenvalue weighted by Crippen LogP contribution is -2.10. The summed E-state index contributed by atoms with van der Waals surface area (Å²) in [6.45, 7) is 6.41. The highest BCUT2D eigenvalue weighted by Crippen LogP contribution is 2.24. The van der Waals surface area contributed by atoms with E-state index in [9.17, 15) is 9.00 Å². The predicted molar refractivity (Wildman–Crippen MR) is 86.5 cm³/mol. The standard InChI is InChI=1S/C16H18O3S2/c1-16(2,3)11-4-7-13(8-5-11)21(19)10-12-6-9-14(20-12)15(17)18/h4-9H,10H2,1-3H3,(H,17,18). The zero-order valence-corrected chi connectivity index (χ0v) is 13.9. The van der Waals surface area contributed by atoms with Crippen LogP contribution in [0.5, 0.6) is 0 Å². The van der Waals surface area contributed by atoms with E-state index in [1.54, 1.807) is 12.1 Å². The van der Waals surface area contributed by atoms with Crippen LogP contribution in [-0.4, -0.2) is 15.3 Å². The smallest absolute Gasteiger partial charge is 0.345 e. The lowest BCUT2D eigenvalue weighted by atomic mass is 9.87. The molecule has 0 saturated carbocycles. The van der Waals surface area contributed by atoms with Crippen LogP contribution in [0.2, 0.25) is 0 Å². The highest BCUT2D eigenvalue weighted by Gasteiger charge is 2.15. The molecule has 0 aliphatic carbocycles. The molecule has 0 saturated heterocycles. The Balaban J connectivity index is 2.11. The molecule has 21 heavy (non-hydrogen) atoms. The van der Waals surface area contributed by atoms with Crippen LogP contribution in [0.15, 0.2) is 41.3 Å². The topological polar surface area (TPSA) is 54.4 Å². The van der Waals surface area contributed by atoms with Crippen molar-refractivity contribution in [2.24, 2.45) is 0 Å². The minimum Gasteiger partial charge on any atom is -0.477 e. The van der Waals surface area contributed by atoms with Crippen LogP contribution in [0.4, 0.5) is 0 Å². The molecule has 0 radical (unpaired) electrons. The first-order valence-electron chi connectivity index (χ1n) is 6.58. The van der Waals surface area contributed by atoms with Crippen LogP contribution in [0.1, 0.15) is 40.9 Å². The van der Waals surface area contributed by atoms with Crippen molar-refractivity contribution in [1.29, 1.82) is 0 Å². The first kappa shape index (κ1) is 15.9. The molecule has 1 unspecified atom stereocenters. The summed E-state index contributed by atoms with van der Waals surface area (Å²) in [6, 6.07) is 11.1. The summed E-state index contributed by atoms with van der Waals surface area (Å²) in [7, 11) is -1.15. The van der Waals surface area contributed by atoms with Crippen LogP contribution < -0.4 is 0 Å². The highest BCUT2D eigenvalue weighted by atomic mass is 32.2. The van der Waals surface area contributed by atoms with E-state index in [-0.39, 0.29) is 10.3 Å². The molecule has 1 aromatic carbocycles. The van der Waals surface area contributed by atoms with E-state index in [4.69, 9.17) is 5.11 Å². The van der Waals surface area contributed by atoms with Crippen LogP contribution in [-0.2, 0) is 22.0 Å². The molecule has 1 aromatic heterocycles. The molecule has 0 aliphatic heterocycles. The number of thiophene rings is 1. The Morgan fingerprint density at radius 1 is 1.14 bits per heavy atom. The first-order valence-corrected chi connectivity index (χ1v) is 8.72. The van der Waals surface area contributed by atoms with Crippen molar-refractivity contribution in [3.63, 3.8) is 0 Å². The third-order valence-electron chi connectivity index (χ3n) is 3.13. The molecular weight excluding hydrogens is 304 g/mol. The van der Waals surface area contributed by atoms with Gasteiger partial charge in [0.15, 0.2) is 0 Å². The lowest BCUT2D eigenvalue weighted by molar-refractivity contribution is 0.0702. The van der Waals surface area contributed by atoms with Crippen molar-refractivity contribution in [3.8, 4) is 0 Å². The molecule has 2 rings (SSSR count). The molecule has 1 heterocycles. The van der Waals surface area contributed by atoms with Gasteiger partial charge in [-0.15, -0.1) is 11.3 Å². The number of aromatic carboxylic acids is 1. The number of carbonyl (C=O) groups is 1. The quantitative estimate of drug-likeness (QED) is 0.924. The highest BCUT2D eigenvalue weighted by molar-refractivity contribution is 7.84. The summed E-state index contributed by atoms with van der Waals surface area (Å²) in [5.41, 5.74) is 1.27. The maximum atomic E-state index is 12.3. The zero-order valence-electron chi connectivity index (χ0n) is 12.3. The molecule has 0 bridgehead atoms. The Morgan fingerprint density at radius 2 is 1.76 bits per heavy atom. The van der Waals surface area contributed by atoms with Gasteiger partial charge in [-0.3, -0.25) is 4.21 Å². The van der Waals surface area contributed by atoms with Crippen molar-refractivity contribution in [1.82, 2.24) is 0 Å². The van der Waals surface area contributed by atoms with Gasteiger partial charge in [-0.05, 0) is 35.2 Å². The fourth-order valence-corrected chi connectivity index (χ4v) is 4.05. The van der Waals surface area contributed by atoms with E-state index in [2.05, 4.69) is 20.8 Å². The molecule has 5 heteroatoms. The van der Waals surface area contributed by atoms with Gasteiger partial charge >= 0.3 is 5.97 Å². The molecule has 0 fully saturated rings. The Kier molecular flexibility index (Phi) is 4.64. The fourth-order valence-electron chi connectivity index (χ4n) is 1.89. The van der Waals surface area contributed by atoms with E-state index < -0.39 is 16.8 Å². The van der Waals surface area contributed by atoms with Gasteiger partial charge in [0.2, 0.25) is 0 Å².